The van der Waals surface area contributed by atoms with E-state index in [4.69, 9.17) is 4.74 Å². The lowest BCUT2D eigenvalue weighted by atomic mass is 10.1. The molecule has 0 fully saturated rings. The highest BCUT2D eigenvalue weighted by atomic mass is 19.4. The molecule has 40 heavy (non-hydrogen) atoms. The maximum Gasteiger partial charge on any atom is 0.435 e. The number of aryl methyl sites for hydroxylation is 1. The summed E-state index contributed by atoms with van der Waals surface area (Å²) in [6.07, 6.45) is -3.24. The summed E-state index contributed by atoms with van der Waals surface area (Å²) in [7, 11) is 1.29. The molecule has 4 aromatic heterocycles. The Balaban J connectivity index is 1.53. The van der Waals surface area contributed by atoms with Crippen LogP contribution in [0.5, 0.6) is 5.88 Å². The monoisotopic (exact) mass is 554 g/mol. The number of fused-ring (bicyclic) bond motifs is 1. The number of carbonyl (C=O) groups excluding carboxylic acids is 1. The zero-order valence-corrected chi connectivity index (χ0v) is 21.4. The lowest BCUT2D eigenvalue weighted by Gasteiger charge is -2.13. The molecule has 0 atom stereocenters. The van der Waals surface area contributed by atoms with Gasteiger partial charge in [-0.05, 0) is 38.1 Å². The van der Waals surface area contributed by atoms with Crippen LogP contribution < -0.4 is 10.1 Å². The number of benzene rings is 1. The number of rotatable bonds is 7. The summed E-state index contributed by atoms with van der Waals surface area (Å²) in [5.74, 6) is -1.13. The lowest BCUT2D eigenvalue weighted by molar-refractivity contribution is -0.140. The Labute approximate surface area is 224 Å². The molecule has 1 N–H and O–H groups in total. The van der Waals surface area contributed by atoms with Crippen LogP contribution in [0, 0.1) is 5.82 Å². The molecular weight excluding hydrogens is 532 g/mol. The molecule has 0 saturated heterocycles. The van der Waals surface area contributed by atoms with Crippen LogP contribution in [-0.4, -0.2) is 40.4 Å². The van der Waals surface area contributed by atoms with Crippen molar-refractivity contribution < 1.29 is 27.1 Å². The normalized spacial score (nSPS) is 11.8. The van der Waals surface area contributed by atoms with Gasteiger partial charge in [-0.1, -0.05) is 24.3 Å². The molecule has 0 spiro atoms. The second-order valence-electron chi connectivity index (χ2n) is 9.08. The molecule has 0 radical (unpaired) electrons. The number of carbonyl (C=O) groups is 1. The van der Waals surface area contributed by atoms with Crippen molar-refractivity contribution >= 4 is 22.8 Å². The fourth-order valence-electron chi connectivity index (χ4n) is 4.02. The Morgan fingerprint density at radius 2 is 1.88 bits per heavy atom. The first-order valence-electron chi connectivity index (χ1n) is 12.0. The minimum absolute atomic E-state index is 0.0410. The highest BCUT2D eigenvalue weighted by Crippen LogP contribution is 2.35. The van der Waals surface area contributed by atoms with Crippen LogP contribution in [0.3, 0.4) is 0 Å². The molecule has 0 aliphatic carbocycles. The Kier molecular flexibility index (Phi) is 6.92. The van der Waals surface area contributed by atoms with Crippen LogP contribution in [0.1, 0.15) is 41.5 Å². The first kappa shape index (κ1) is 26.7. The third kappa shape index (κ3) is 5.19. The van der Waals surface area contributed by atoms with Crippen molar-refractivity contribution in [1.29, 1.82) is 0 Å². The second-order valence-corrected chi connectivity index (χ2v) is 9.08. The quantitative estimate of drug-likeness (QED) is 0.276. The maximum absolute atomic E-state index is 14.2. The molecule has 5 aromatic rings. The van der Waals surface area contributed by atoms with Crippen molar-refractivity contribution in [2.45, 2.75) is 32.7 Å². The molecule has 5 rings (SSSR count). The molecule has 14 heteroatoms. The number of alkyl halides is 3. The first-order chi connectivity index (χ1) is 19.0. The number of anilines is 1. The lowest BCUT2D eigenvalue weighted by Crippen LogP contribution is -2.16. The number of hydrogen-bond donors (Lipinski definition) is 1. The standard InChI is InChI=1S/C26H22F4N8O2/c1-14(2)38-13-31-35-23(38)19-9-6-10-20(32-19)33-24(39)17-11-16-21(26(28,29)30)36-37(3)22(16)34-25(17)40-12-15-7-4-5-8-18(15)27/h4-11,13-14H,12H2,1-3H3,(H,32,33,39). The second kappa shape index (κ2) is 10.4. The van der Waals surface area contributed by atoms with Crippen molar-refractivity contribution in [3.8, 4) is 17.4 Å². The van der Waals surface area contributed by atoms with Crippen LogP contribution in [-0.2, 0) is 19.8 Å². The SMILES string of the molecule is CC(C)n1cnnc1-c1cccc(NC(=O)c2cc3c(C(F)(F)F)nn(C)c3nc2OCc2ccccc2F)n1. The maximum atomic E-state index is 14.2. The number of nitrogens with zero attached hydrogens (tertiary/aromatic N) is 7. The van der Waals surface area contributed by atoms with E-state index >= 15 is 0 Å². The molecule has 1 amide bonds. The van der Waals surface area contributed by atoms with E-state index in [0.29, 0.717) is 11.5 Å². The molecular formula is C26H22F4N8O2. The van der Waals surface area contributed by atoms with E-state index in [9.17, 15) is 22.4 Å². The smallest absolute Gasteiger partial charge is 0.435 e. The van der Waals surface area contributed by atoms with Gasteiger partial charge >= 0.3 is 6.18 Å². The molecule has 0 unspecified atom stereocenters. The Hall–Kier alpha value is -4.88. The van der Waals surface area contributed by atoms with E-state index in [2.05, 4.69) is 30.6 Å². The summed E-state index contributed by atoms with van der Waals surface area (Å²) in [5, 5.41) is 13.7. The summed E-state index contributed by atoms with van der Waals surface area (Å²) in [5.41, 5.74) is -1.11. The topological polar surface area (TPSA) is 113 Å². The van der Waals surface area contributed by atoms with Crippen LogP contribution in [0.2, 0.25) is 0 Å². The Morgan fingerprint density at radius 3 is 2.60 bits per heavy atom. The third-order valence-electron chi connectivity index (χ3n) is 5.96. The number of aromatic nitrogens is 7. The molecule has 4 heterocycles. The number of pyridine rings is 2. The van der Waals surface area contributed by atoms with E-state index < -0.39 is 29.0 Å². The van der Waals surface area contributed by atoms with Gasteiger partial charge in [-0.25, -0.2) is 14.1 Å². The Morgan fingerprint density at radius 1 is 1.10 bits per heavy atom. The summed E-state index contributed by atoms with van der Waals surface area (Å²) in [6, 6.07) is 11.7. The fraction of sp³-hybridized carbons (Fsp3) is 0.231. The predicted molar refractivity (Wildman–Crippen MR) is 136 cm³/mol. The van der Waals surface area contributed by atoms with Gasteiger partial charge in [0.1, 0.15) is 35.8 Å². The minimum atomic E-state index is -4.80. The van der Waals surface area contributed by atoms with E-state index in [1.54, 1.807) is 29.1 Å². The molecule has 0 bridgehead atoms. The van der Waals surface area contributed by atoms with Crippen molar-refractivity contribution in [3.05, 3.63) is 77.5 Å². The summed E-state index contributed by atoms with van der Waals surface area (Å²) < 4.78 is 63.7. The number of nitrogens with one attached hydrogen (secondary N) is 1. The summed E-state index contributed by atoms with van der Waals surface area (Å²) >= 11 is 0. The molecule has 0 saturated carbocycles. The van der Waals surface area contributed by atoms with E-state index in [0.717, 1.165) is 10.7 Å². The third-order valence-corrected chi connectivity index (χ3v) is 5.96. The molecule has 10 nitrogen and oxygen atoms in total. The van der Waals surface area contributed by atoms with Gasteiger partial charge in [-0.3, -0.25) is 4.79 Å². The summed E-state index contributed by atoms with van der Waals surface area (Å²) in [4.78, 5) is 22.0. The van der Waals surface area contributed by atoms with E-state index in [1.807, 2.05) is 13.8 Å². The molecule has 0 aliphatic heterocycles. The van der Waals surface area contributed by atoms with Crippen LogP contribution in [0.15, 0.2) is 54.9 Å². The molecule has 206 valence electrons. The fourth-order valence-corrected chi connectivity index (χ4v) is 4.02. The molecule has 1 aromatic carbocycles. The van der Waals surface area contributed by atoms with Gasteiger partial charge in [-0.15, -0.1) is 10.2 Å². The first-order valence-corrected chi connectivity index (χ1v) is 12.0. The zero-order chi connectivity index (χ0) is 28.6. The number of amides is 1. The predicted octanol–water partition coefficient (Wildman–Crippen LogP) is 5.19. The van der Waals surface area contributed by atoms with Gasteiger partial charge in [-0.2, -0.15) is 23.3 Å². The number of ether oxygens (including phenoxy) is 1. The number of halogens is 4. The van der Waals surface area contributed by atoms with Crippen molar-refractivity contribution in [2.24, 2.45) is 7.05 Å². The van der Waals surface area contributed by atoms with Crippen LogP contribution in [0.25, 0.3) is 22.6 Å². The Bertz CT molecular complexity index is 1710. The van der Waals surface area contributed by atoms with Crippen molar-refractivity contribution in [3.63, 3.8) is 0 Å². The highest BCUT2D eigenvalue weighted by Gasteiger charge is 2.38. The minimum Gasteiger partial charge on any atom is -0.472 e. The van der Waals surface area contributed by atoms with Crippen molar-refractivity contribution in [1.82, 2.24) is 34.5 Å². The van der Waals surface area contributed by atoms with Gasteiger partial charge in [0, 0.05) is 18.7 Å². The summed E-state index contributed by atoms with van der Waals surface area (Å²) in [6.45, 7) is 3.56. The highest BCUT2D eigenvalue weighted by molar-refractivity contribution is 6.07. The van der Waals surface area contributed by atoms with Crippen molar-refractivity contribution in [2.75, 3.05) is 5.32 Å². The average Bonchev–Trinajstić information content (AvgIpc) is 3.53. The zero-order valence-electron chi connectivity index (χ0n) is 21.4. The van der Waals surface area contributed by atoms with Crippen LogP contribution in [0.4, 0.5) is 23.4 Å². The average molecular weight is 555 g/mol. The van der Waals surface area contributed by atoms with Gasteiger partial charge in [0.25, 0.3) is 5.91 Å². The van der Waals surface area contributed by atoms with E-state index in [1.165, 1.54) is 31.3 Å². The van der Waals surface area contributed by atoms with Gasteiger partial charge < -0.3 is 14.6 Å². The van der Waals surface area contributed by atoms with E-state index in [-0.39, 0.29) is 41.1 Å². The van der Waals surface area contributed by atoms with Gasteiger partial charge in [0.2, 0.25) is 5.88 Å². The van der Waals surface area contributed by atoms with Gasteiger partial charge in [0.05, 0.1) is 5.39 Å². The largest absolute Gasteiger partial charge is 0.472 e. The molecule has 0 aliphatic rings. The van der Waals surface area contributed by atoms with Crippen LogP contribution >= 0.6 is 0 Å². The van der Waals surface area contributed by atoms with Gasteiger partial charge in [0.15, 0.2) is 17.2 Å². The number of hydrogen-bond acceptors (Lipinski definition) is 7.